The van der Waals surface area contributed by atoms with Crippen LogP contribution in [0.25, 0.3) is 0 Å². The van der Waals surface area contributed by atoms with Gasteiger partial charge in [-0.15, -0.1) is 0 Å². The Kier molecular flexibility index (Phi) is 8.99. The van der Waals surface area contributed by atoms with Gasteiger partial charge in [-0.05, 0) is 36.4 Å². The highest BCUT2D eigenvalue weighted by molar-refractivity contribution is 5.22. The summed E-state index contributed by atoms with van der Waals surface area (Å²) in [7, 11) is 0. The summed E-state index contributed by atoms with van der Waals surface area (Å²) in [5, 5.41) is 10.6. The van der Waals surface area contributed by atoms with Crippen LogP contribution in [-0.2, 0) is 0 Å². The SMILES string of the molecule is c1ccc(OC2CCNC(Oc3ccccc3)CCNC(Oc3ccccc3)CCN2)cc1. The first-order chi connectivity index (χ1) is 16.3. The second-order valence-corrected chi connectivity index (χ2v) is 7.99. The maximum Gasteiger partial charge on any atom is 0.151 e. The Bertz CT molecular complexity index is 777. The zero-order valence-corrected chi connectivity index (χ0v) is 18.9. The molecule has 6 nitrogen and oxygen atoms in total. The first-order valence-electron chi connectivity index (χ1n) is 11.7. The van der Waals surface area contributed by atoms with Crippen molar-refractivity contribution in [2.24, 2.45) is 0 Å². The molecule has 0 aromatic heterocycles. The fourth-order valence-electron chi connectivity index (χ4n) is 3.72. The van der Waals surface area contributed by atoms with Crippen molar-refractivity contribution in [2.45, 2.75) is 37.9 Å². The van der Waals surface area contributed by atoms with Gasteiger partial charge in [0.2, 0.25) is 0 Å². The predicted molar refractivity (Wildman–Crippen MR) is 130 cm³/mol. The lowest BCUT2D eigenvalue weighted by Gasteiger charge is -2.27. The van der Waals surface area contributed by atoms with E-state index in [4.69, 9.17) is 14.2 Å². The summed E-state index contributed by atoms with van der Waals surface area (Å²) < 4.78 is 18.6. The molecule has 1 aliphatic rings. The molecule has 174 valence electrons. The summed E-state index contributed by atoms with van der Waals surface area (Å²) >= 11 is 0. The molecule has 1 aliphatic heterocycles. The van der Waals surface area contributed by atoms with Crippen molar-refractivity contribution < 1.29 is 14.2 Å². The van der Waals surface area contributed by atoms with Gasteiger partial charge in [-0.25, -0.2) is 0 Å². The third-order valence-electron chi connectivity index (χ3n) is 5.40. The second kappa shape index (κ2) is 12.8. The zero-order valence-electron chi connectivity index (χ0n) is 18.9. The van der Waals surface area contributed by atoms with E-state index in [2.05, 4.69) is 16.0 Å². The van der Waals surface area contributed by atoms with Crippen molar-refractivity contribution in [2.75, 3.05) is 19.6 Å². The van der Waals surface area contributed by atoms with Gasteiger partial charge in [0.25, 0.3) is 0 Å². The molecule has 3 atom stereocenters. The van der Waals surface area contributed by atoms with Crippen LogP contribution in [0.1, 0.15) is 19.3 Å². The molecule has 0 radical (unpaired) electrons. The number of rotatable bonds is 6. The van der Waals surface area contributed by atoms with Crippen molar-refractivity contribution in [1.29, 1.82) is 0 Å². The van der Waals surface area contributed by atoms with Gasteiger partial charge in [0.1, 0.15) is 17.2 Å². The summed E-state index contributed by atoms with van der Waals surface area (Å²) in [6.45, 7) is 2.31. The van der Waals surface area contributed by atoms with Gasteiger partial charge in [0.05, 0.1) is 0 Å². The molecule has 0 saturated carbocycles. The molecule has 4 rings (SSSR count). The van der Waals surface area contributed by atoms with Gasteiger partial charge in [-0.2, -0.15) is 0 Å². The molecule has 6 heteroatoms. The highest BCUT2D eigenvalue weighted by atomic mass is 16.5. The first-order valence-corrected chi connectivity index (χ1v) is 11.7. The molecule has 0 aliphatic carbocycles. The minimum Gasteiger partial charge on any atom is -0.475 e. The van der Waals surface area contributed by atoms with Crippen LogP contribution in [0, 0.1) is 0 Å². The van der Waals surface area contributed by atoms with E-state index < -0.39 is 0 Å². The van der Waals surface area contributed by atoms with Gasteiger partial charge in [0, 0.05) is 38.9 Å². The van der Waals surface area contributed by atoms with E-state index in [1.165, 1.54) is 0 Å². The predicted octanol–water partition coefficient (Wildman–Crippen LogP) is 4.15. The molecule has 1 heterocycles. The van der Waals surface area contributed by atoms with E-state index in [9.17, 15) is 0 Å². The third kappa shape index (κ3) is 8.09. The Morgan fingerprint density at radius 3 is 0.970 bits per heavy atom. The smallest absolute Gasteiger partial charge is 0.151 e. The molecule has 0 bridgehead atoms. The number of benzene rings is 3. The number of hydrogen-bond donors (Lipinski definition) is 3. The van der Waals surface area contributed by atoms with Crippen LogP contribution in [0.3, 0.4) is 0 Å². The number of hydrogen-bond acceptors (Lipinski definition) is 6. The van der Waals surface area contributed by atoms with Gasteiger partial charge in [0.15, 0.2) is 18.7 Å². The second-order valence-electron chi connectivity index (χ2n) is 7.99. The van der Waals surface area contributed by atoms with Crippen LogP contribution in [0.4, 0.5) is 0 Å². The third-order valence-corrected chi connectivity index (χ3v) is 5.40. The molecular formula is C27H33N3O3. The number of nitrogens with one attached hydrogen (secondary N) is 3. The molecule has 3 aromatic rings. The fraction of sp³-hybridized carbons (Fsp3) is 0.333. The summed E-state index contributed by atoms with van der Waals surface area (Å²) in [5.41, 5.74) is 0. The van der Waals surface area contributed by atoms with E-state index >= 15 is 0 Å². The Hall–Kier alpha value is -3.06. The fourth-order valence-corrected chi connectivity index (χ4v) is 3.72. The largest absolute Gasteiger partial charge is 0.475 e. The maximum absolute atomic E-state index is 6.21. The van der Waals surface area contributed by atoms with Crippen molar-refractivity contribution >= 4 is 0 Å². The Labute approximate surface area is 196 Å². The summed E-state index contributed by atoms with van der Waals surface area (Å²) in [6, 6.07) is 29.8. The lowest BCUT2D eigenvalue weighted by atomic mass is 10.2. The molecule has 3 N–H and O–H groups in total. The van der Waals surface area contributed by atoms with Crippen LogP contribution < -0.4 is 30.2 Å². The van der Waals surface area contributed by atoms with Gasteiger partial charge in [-0.3, -0.25) is 16.0 Å². The first kappa shape index (κ1) is 23.1. The number of ether oxygens (including phenoxy) is 3. The molecule has 1 saturated heterocycles. The maximum atomic E-state index is 6.21. The quantitative estimate of drug-likeness (QED) is 0.528. The van der Waals surface area contributed by atoms with Gasteiger partial charge < -0.3 is 14.2 Å². The highest BCUT2D eigenvalue weighted by Gasteiger charge is 2.18. The summed E-state index contributed by atoms with van der Waals surface area (Å²) in [5.74, 6) is 2.57. The molecule has 3 aromatic carbocycles. The average Bonchev–Trinajstić information content (AvgIpc) is 2.85. The Morgan fingerprint density at radius 2 is 0.697 bits per heavy atom. The molecular weight excluding hydrogens is 414 g/mol. The lowest BCUT2D eigenvalue weighted by Crippen LogP contribution is -2.46. The van der Waals surface area contributed by atoms with E-state index in [1.807, 2.05) is 91.0 Å². The van der Waals surface area contributed by atoms with Gasteiger partial charge >= 0.3 is 0 Å². The zero-order chi connectivity index (χ0) is 22.6. The van der Waals surface area contributed by atoms with Crippen molar-refractivity contribution in [3.8, 4) is 17.2 Å². The van der Waals surface area contributed by atoms with Crippen LogP contribution in [0.5, 0.6) is 17.2 Å². The monoisotopic (exact) mass is 447 g/mol. The van der Waals surface area contributed by atoms with Crippen LogP contribution in [0.15, 0.2) is 91.0 Å². The molecule has 0 spiro atoms. The van der Waals surface area contributed by atoms with E-state index in [1.54, 1.807) is 0 Å². The minimum absolute atomic E-state index is 0.117. The van der Waals surface area contributed by atoms with E-state index in [0.717, 1.165) is 56.1 Å². The van der Waals surface area contributed by atoms with Crippen LogP contribution in [0.2, 0.25) is 0 Å². The van der Waals surface area contributed by atoms with Gasteiger partial charge in [-0.1, -0.05) is 54.6 Å². The van der Waals surface area contributed by atoms with Crippen LogP contribution in [-0.4, -0.2) is 38.3 Å². The molecule has 3 unspecified atom stereocenters. The normalized spacial score (nSPS) is 22.4. The molecule has 33 heavy (non-hydrogen) atoms. The standard InChI is InChI=1S/C27H33N3O3/c1-4-10-22(11-5-1)31-25-16-19-29-27(33-24-14-8-3-9-15-24)18-21-30-26(17-20-28-25)32-23-12-6-2-7-13-23/h1-15,25-30H,16-21H2. The minimum atomic E-state index is -0.117. The van der Waals surface area contributed by atoms with Crippen molar-refractivity contribution in [1.82, 2.24) is 16.0 Å². The lowest BCUT2D eigenvalue weighted by molar-refractivity contribution is 0.0991. The van der Waals surface area contributed by atoms with Crippen molar-refractivity contribution in [3.05, 3.63) is 91.0 Å². The van der Waals surface area contributed by atoms with E-state index in [0.29, 0.717) is 0 Å². The topological polar surface area (TPSA) is 63.8 Å². The Morgan fingerprint density at radius 1 is 0.424 bits per heavy atom. The summed E-state index contributed by atoms with van der Waals surface area (Å²) in [4.78, 5) is 0. The Balaban J connectivity index is 1.42. The average molecular weight is 448 g/mol. The molecule has 0 amide bonds. The van der Waals surface area contributed by atoms with Crippen LogP contribution >= 0.6 is 0 Å². The molecule has 1 fully saturated rings. The summed E-state index contributed by atoms with van der Waals surface area (Å²) in [6.07, 6.45) is 2.07. The van der Waals surface area contributed by atoms with Crippen molar-refractivity contribution in [3.63, 3.8) is 0 Å². The highest BCUT2D eigenvalue weighted by Crippen LogP contribution is 2.15. The van der Waals surface area contributed by atoms with E-state index in [-0.39, 0.29) is 18.7 Å². The number of para-hydroxylation sites is 3.